The first-order valence-electron chi connectivity index (χ1n) is 7.68. The third kappa shape index (κ3) is 3.35. The molecule has 1 heterocycles. The van der Waals surface area contributed by atoms with Crippen molar-refractivity contribution >= 4 is 11.8 Å². The highest BCUT2D eigenvalue weighted by Crippen LogP contribution is 2.50. The number of thioether (sulfide) groups is 1. The summed E-state index contributed by atoms with van der Waals surface area (Å²) < 4.78 is 0. The molecule has 3 rings (SSSR count). The minimum Gasteiger partial charge on any atom is -0.317 e. The van der Waals surface area contributed by atoms with Gasteiger partial charge in [0.05, 0.1) is 0 Å². The maximum absolute atomic E-state index is 3.60. The molecule has 0 spiro atoms. The largest absolute Gasteiger partial charge is 0.317 e. The van der Waals surface area contributed by atoms with Crippen LogP contribution in [-0.4, -0.2) is 24.6 Å². The molecule has 0 amide bonds. The van der Waals surface area contributed by atoms with E-state index in [9.17, 15) is 0 Å². The van der Waals surface area contributed by atoms with Gasteiger partial charge in [-0.2, -0.15) is 11.8 Å². The molecule has 0 bridgehead atoms. The summed E-state index contributed by atoms with van der Waals surface area (Å²) in [7, 11) is 2.16. The van der Waals surface area contributed by atoms with E-state index >= 15 is 0 Å². The zero-order chi connectivity index (χ0) is 13.1. The lowest BCUT2D eigenvalue weighted by Gasteiger charge is -2.26. The number of rotatable bonds is 5. The number of hydrogen-bond donors (Lipinski definition) is 1. The lowest BCUT2D eigenvalue weighted by Crippen LogP contribution is -2.31. The van der Waals surface area contributed by atoms with Gasteiger partial charge < -0.3 is 5.32 Å². The van der Waals surface area contributed by atoms with E-state index in [1.165, 1.54) is 37.2 Å². The van der Waals surface area contributed by atoms with E-state index in [0.717, 1.165) is 23.8 Å². The quantitative estimate of drug-likeness (QED) is 0.874. The summed E-state index contributed by atoms with van der Waals surface area (Å²) in [5, 5.41) is 3.60. The van der Waals surface area contributed by atoms with Gasteiger partial charge in [-0.1, -0.05) is 30.3 Å². The average molecular weight is 275 g/mol. The van der Waals surface area contributed by atoms with E-state index in [1.807, 2.05) is 0 Å². The van der Waals surface area contributed by atoms with Crippen molar-refractivity contribution in [3.8, 4) is 0 Å². The van der Waals surface area contributed by atoms with Crippen molar-refractivity contribution in [2.75, 3.05) is 18.6 Å². The molecule has 1 aromatic carbocycles. The average Bonchev–Trinajstić information content (AvgIpc) is 3.27. The van der Waals surface area contributed by atoms with Crippen molar-refractivity contribution in [3.63, 3.8) is 0 Å². The normalized spacial score (nSPS) is 29.1. The van der Waals surface area contributed by atoms with Crippen LogP contribution < -0.4 is 5.32 Å². The molecule has 3 atom stereocenters. The predicted octanol–water partition coefficient (Wildman–Crippen LogP) is 3.91. The summed E-state index contributed by atoms with van der Waals surface area (Å²) in [5.41, 5.74) is 1.55. The Balaban J connectivity index is 1.55. The van der Waals surface area contributed by atoms with Crippen molar-refractivity contribution in [1.82, 2.24) is 5.32 Å². The SMILES string of the molecule is CNC(CC1CCSCC1)C1CC1c1ccccc1. The molecule has 19 heavy (non-hydrogen) atoms. The van der Waals surface area contributed by atoms with Crippen LogP contribution in [0, 0.1) is 11.8 Å². The van der Waals surface area contributed by atoms with Crippen molar-refractivity contribution < 1.29 is 0 Å². The van der Waals surface area contributed by atoms with Crippen LogP contribution >= 0.6 is 11.8 Å². The molecule has 0 radical (unpaired) electrons. The summed E-state index contributed by atoms with van der Waals surface area (Å²) in [6.45, 7) is 0. The van der Waals surface area contributed by atoms with Crippen molar-refractivity contribution in [3.05, 3.63) is 35.9 Å². The Morgan fingerprint density at radius 2 is 1.95 bits per heavy atom. The molecule has 2 fully saturated rings. The van der Waals surface area contributed by atoms with Gasteiger partial charge in [-0.25, -0.2) is 0 Å². The summed E-state index contributed by atoms with van der Waals surface area (Å²) >= 11 is 2.13. The molecule has 1 aromatic rings. The number of nitrogens with one attached hydrogen (secondary N) is 1. The maximum Gasteiger partial charge on any atom is 0.0101 e. The van der Waals surface area contributed by atoms with Crippen LogP contribution in [0.5, 0.6) is 0 Å². The minimum atomic E-state index is 0.735. The van der Waals surface area contributed by atoms with Crippen LogP contribution in [0.1, 0.15) is 37.2 Å². The van der Waals surface area contributed by atoms with Gasteiger partial charge in [-0.05, 0) is 67.6 Å². The van der Waals surface area contributed by atoms with Gasteiger partial charge in [-0.3, -0.25) is 0 Å². The monoisotopic (exact) mass is 275 g/mol. The highest BCUT2D eigenvalue weighted by Gasteiger charge is 2.43. The second-order valence-electron chi connectivity index (χ2n) is 6.10. The Hall–Kier alpha value is -0.470. The van der Waals surface area contributed by atoms with Crippen LogP contribution in [-0.2, 0) is 0 Å². The third-order valence-electron chi connectivity index (χ3n) is 4.88. The molecule has 0 aromatic heterocycles. The summed E-state index contributed by atoms with van der Waals surface area (Å²) in [5.74, 6) is 5.43. The van der Waals surface area contributed by atoms with Crippen molar-refractivity contribution in [1.29, 1.82) is 0 Å². The van der Waals surface area contributed by atoms with E-state index < -0.39 is 0 Å². The number of hydrogen-bond acceptors (Lipinski definition) is 2. The Kier molecular flexibility index (Phi) is 4.49. The van der Waals surface area contributed by atoms with Crippen molar-refractivity contribution in [2.45, 2.75) is 37.6 Å². The molecule has 2 aliphatic rings. The van der Waals surface area contributed by atoms with E-state index in [2.05, 4.69) is 54.5 Å². The molecule has 3 unspecified atom stereocenters. The van der Waals surface area contributed by atoms with E-state index in [4.69, 9.17) is 0 Å². The van der Waals surface area contributed by atoms with Crippen LogP contribution in [0.25, 0.3) is 0 Å². The van der Waals surface area contributed by atoms with Gasteiger partial charge in [0, 0.05) is 6.04 Å². The molecule has 1 N–H and O–H groups in total. The Morgan fingerprint density at radius 3 is 2.63 bits per heavy atom. The molecule has 1 aliphatic carbocycles. The summed E-state index contributed by atoms with van der Waals surface area (Å²) in [6.07, 6.45) is 5.65. The van der Waals surface area contributed by atoms with Crippen LogP contribution in [0.3, 0.4) is 0 Å². The minimum absolute atomic E-state index is 0.735. The summed E-state index contributed by atoms with van der Waals surface area (Å²) in [4.78, 5) is 0. The van der Waals surface area contributed by atoms with Gasteiger partial charge >= 0.3 is 0 Å². The first kappa shape index (κ1) is 13.5. The van der Waals surface area contributed by atoms with Gasteiger partial charge in [-0.15, -0.1) is 0 Å². The molecule has 1 saturated heterocycles. The maximum atomic E-state index is 3.60. The second-order valence-corrected chi connectivity index (χ2v) is 7.33. The Labute approximate surface area is 121 Å². The molecule has 1 nitrogen and oxygen atoms in total. The van der Waals surface area contributed by atoms with E-state index in [-0.39, 0.29) is 0 Å². The number of benzene rings is 1. The molecule has 1 saturated carbocycles. The molecular weight excluding hydrogens is 250 g/mol. The van der Waals surface area contributed by atoms with E-state index in [1.54, 1.807) is 5.56 Å². The highest BCUT2D eigenvalue weighted by atomic mass is 32.2. The molecule has 2 heteroatoms. The van der Waals surface area contributed by atoms with Gasteiger partial charge in [0.2, 0.25) is 0 Å². The van der Waals surface area contributed by atoms with Gasteiger partial charge in [0.1, 0.15) is 0 Å². The van der Waals surface area contributed by atoms with Gasteiger partial charge in [0.25, 0.3) is 0 Å². The van der Waals surface area contributed by atoms with Crippen LogP contribution in [0.4, 0.5) is 0 Å². The smallest absolute Gasteiger partial charge is 0.0101 e. The highest BCUT2D eigenvalue weighted by molar-refractivity contribution is 7.99. The fraction of sp³-hybridized carbons (Fsp3) is 0.647. The zero-order valence-corrected chi connectivity index (χ0v) is 12.7. The van der Waals surface area contributed by atoms with Crippen molar-refractivity contribution in [2.24, 2.45) is 11.8 Å². The summed E-state index contributed by atoms with van der Waals surface area (Å²) in [6, 6.07) is 11.8. The van der Waals surface area contributed by atoms with Crippen LogP contribution in [0.2, 0.25) is 0 Å². The zero-order valence-electron chi connectivity index (χ0n) is 11.8. The fourth-order valence-electron chi connectivity index (χ4n) is 3.59. The Bertz CT molecular complexity index is 386. The fourth-order valence-corrected chi connectivity index (χ4v) is 4.79. The lowest BCUT2D eigenvalue weighted by molar-refractivity contribution is 0.350. The first-order valence-corrected chi connectivity index (χ1v) is 8.84. The lowest BCUT2D eigenvalue weighted by atomic mass is 9.91. The Morgan fingerprint density at radius 1 is 1.21 bits per heavy atom. The van der Waals surface area contributed by atoms with Gasteiger partial charge in [0.15, 0.2) is 0 Å². The first-order chi connectivity index (χ1) is 9.38. The predicted molar refractivity (Wildman–Crippen MR) is 84.8 cm³/mol. The second kappa shape index (κ2) is 6.32. The topological polar surface area (TPSA) is 12.0 Å². The molecular formula is C17H25NS. The van der Waals surface area contributed by atoms with Crippen LogP contribution in [0.15, 0.2) is 30.3 Å². The van der Waals surface area contributed by atoms with E-state index in [0.29, 0.717) is 0 Å². The molecule has 1 aliphatic heterocycles. The standard InChI is InChI=1S/C17H25NS/c1-18-17(11-13-7-9-19-10-8-13)16-12-15(16)14-5-3-2-4-6-14/h2-6,13,15-18H,7-12H2,1H3. The third-order valence-corrected chi connectivity index (χ3v) is 5.93. The molecule has 104 valence electrons.